The maximum atomic E-state index is 13.1. The van der Waals surface area contributed by atoms with Crippen molar-refractivity contribution in [3.05, 3.63) is 102 Å². The van der Waals surface area contributed by atoms with E-state index in [4.69, 9.17) is 4.74 Å². The first-order chi connectivity index (χ1) is 25.2. The van der Waals surface area contributed by atoms with Crippen LogP contribution in [0.1, 0.15) is 92.5 Å². The lowest BCUT2D eigenvalue weighted by Crippen LogP contribution is -2.26. The number of esters is 1. The summed E-state index contributed by atoms with van der Waals surface area (Å²) >= 11 is 1.94. The molecule has 2 fully saturated rings. The molecule has 1 aromatic heterocycles. The summed E-state index contributed by atoms with van der Waals surface area (Å²) in [5.74, 6) is 3.11. The number of fused-ring (bicyclic) bond motifs is 1. The maximum Gasteiger partial charge on any atom is 0.305 e. The molecule has 7 aromatic rings. The molecule has 2 nitrogen and oxygen atoms in total. The summed E-state index contributed by atoms with van der Waals surface area (Å²) in [6, 6.07) is 7.40. The van der Waals surface area contributed by atoms with Crippen molar-refractivity contribution < 1.29 is 9.53 Å². The van der Waals surface area contributed by atoms with Gasteiger partial charge in [-0.1, -0.05) is 30.4 Å². The Morgan fingerprint density at radius 3 is 2.61 bits per heavy atom. The minimum Gasteiger partial charge on any atom is -0.469 e. The zero-order valence-electron chi connectivity index (χ0n) is 28.0. The van der Waals surface area contributed by atoms with Gasteiger partial charge in [0, 0.05) is 45.8 Å². The highest BCUT2D eigenvalue weighted by molar-refractivity contribution is 7.10. The number of carbonyl (C=O) groups excluding carboxylic acids is 1. The van der Waals surface area contributed by atoms with Crippen LogP contribution in [0.25, 0.3) is 76.2 Å². The summed E-state index contributed by atoms with van der Waals surface area (Å²) in [6.45, 7) is 0. The number of ether oxygens (including phenoxy) is 1. The lowest BCUT2D eigenvalue weighted by molar-refractivity contribution is -0.140. The predicted molar refractivity (Wildman–Crippen MR) is 203 cm³/mol. The molecule has 0 N–H and O–H groups in total. The van der Waals surface area contributed by atoms with Crippen LogP contribution in [0.3, 0.4) is 0 Å². The van der Waals surface area contributed by atoms with E-state index in [-0.39, 0.29) is 16.8 Å². The molecule has 51 heavy (non-hydrogen) atoms. The third-order valence-corrected chi connectivity index (χ3v) is 18.8. The Hall–Kier alpha value is -4.47. The first kappa shape index (κ1) is 23.9. The van der Waals surface area contributed by atoms with Crippen molar-refractivity contribution in [2.75, 3.05) is 7.11 Å². The second-order valence-corrected chi connectivity index (χ2v) is 19.6. The van der Waals surface area contributed by atoms with Crippen LogP contribution in [0.5, 0.6) is 0 Å². The Balaban J connectivity index is 1.15. The Morgan fingerprint density at radius 1 is 0.863 bits per heavy atom. The minimum atomic E-state index is -0.120. The molecule has 1 spiro atoms. The maximum absolute atomic E-state index is 13.1. The van der Waals surface area contributed by atoms with Crippen molar-refractivity contribution in [3.8, 4) is 0 Å². The fraction of sp³-hybridized carbons (Fsp3) is 0.312. The zero-order valence-corrected chi connectivity index (χ0v) is 28.8. The molecule has 0 saturated heterocycles. The standard InChI is InChI=1S/C48H28O2S/c1-50-24(49)4-5-47(23-3-2-6-51-23)46-22-13-20-11-17-9-18-8-15-7-16-10-19-12-21-14-48(46,47)45-31(21)36-30(19)35-26(16)25(15)33-29(18)34-27(17)28(20)37-32(22)44(45)43-41(36)39(35)38(33)40(34)42(37)43/h2-3,6,8,10,13-14,17,19-20,27,30,46H,4-5,7,9,11-12H2,1H3. The molecule has 18 rings (SSSR count). The largest absolute Gasteiger partial charge is 0.469 e. The van der Waals surface area contributed by atoms with E-state index in [2.05, 4.69) is 41.8 Å². The van der Waals surface area contributed by atoms with Gasteiger partial charge in [0.2, 0.25) is 0 Å². The Kier molecular flexibility index (Phi) is 3.01. The SMILES string of the molecule is COC(=O)CCC1(c2cccs2)C2C3=CC4CC5Cc6cc7c8c9c%10c%11c%12c%13c%14c(c%15c3c3c(c%16c(c6c8c%11%16)C5C=34)c%15%12)C21C=C%14CC(C=C9C7)C%13%10. The minimum absolute atomic E-state index is 0.0674. The quantitative estimate of drug-likeness (QED) is 0.138. The van der Waals surface area contributed by atoms with Crippen LogP contribution < -0.4 is 5.22 Å². The summed E-state index contributed by atoms with van der Waals surface area (Å²) in [6.07, 6.45) is 14.6. The highest BCUT2D eigenvalue weighted by Gasteiger charge is 2.81. The van der Waals surface area contributed by atoms with Gasteiger partial charge in [-0.25, -0.2) is 0 Å². The molecule has 1 heterocycles. The Bertz CT molecular complexity index is 3350. The average molecular weight is 669 g/mol. The van der Waals surface area contributed by atoms with Gasteiger partial charge in [0.05, 0.1) is 7.11 Å². The van der Waals surface area contributed by atoms with Gasteiger partial charge >= 0.3 is 5.97 Å². The molecule has 0 radical (unpaired) electrons. The molecule has 11 aliphatic rings. The summed E-state index contributed by atoms with van der Waals surface area (Å²) in [5, 5.41) is 20.8. The first-order valence-corrected chi connectivity index (χ1v) is 20.5. The van der Waals surface area contributed by atoms with Crippen LogP contribution in [-0.2, 0) is 33.2 Å². The molecule has 0 aliphatic heterocycles. The number of rotatable bonds is 4. The summed E-state index contributed by atoms with van der Waals surface area (Å²) in [7, 11) is 1.57. The van der Waals surface area contributed by atoms with E-state index in [1.165, 1.54) is 17.7 Å². The molecule has 3 heteroatoms. The molecule has 238 valence electrons. The van der Waals surface area contributed by atoms with Crippen molar-refractivity contribution in [1.82, 2.24) is 0 Å². The fourth-order valence-electron chi connectivity index (χ4n) is 17.0. The lowest BCUT2D eigenvalue weighted by atomic mass is 9.67. The van der Waals surface area contributed by atoms with Crippen LogP contribution in [0.4, 0.5) is 0 Å². The number of thiophene rings is 1. The van der Waals surface area contributed by atoms with Crippen molar-refractivity contribution in [3.63, 3.8) is 0 Å². The van der Waals surface area contributed by atoms with Gasteiger partial charge in [0.25, 0.3) is 0 Å². The molecule has 8 atom stereocenters. The molecule has 0 amide bonds. The van der Waals surface area contributed by atoms with Gasteiger partial charge in [0.15, 0.2) is 0 Å². The third kappa shape index (κ3) is 1.81. The van der Waals surface area contributed by atoms with E-state index >= 15 is 0 Å². The predicted octanol–water partition coefficient (Wildman–Crippen LogP) is 9.53. The zero-order chi connectivity index (χ0) is 32.1. The number of methoxy groups -OCH3 is 1. The molecule has 2 saturated carbocycles. The lowest BCUT2D eigenvalue weighted by Gasteiger charge is -2.36. The average Bonchev–Trinajstić information content (AvgIpc) is 3.92. The second kappa shape index (κ2) is 6.43. The monoisotopic (exact) mass is 668 g/mol. The van der Waals surface area contributed by atoms with E-state index in [1.807, 2.05) is 16.9 Å². The molecule has 11 aliphatic carbocycles. The number of hydrogen-bond acceptors (Lipinski definition) is 3. The number of carbonyl (C=O) groups is 1. The topological polar surface area (TPSA) is 26.3 Å². The van der Waals surface area contributed by atoms with E-state index in [9.17, 15) is 4.79 Å². The van der Waals surface area contributed by atoms with Gasteiger partial charge in [-0.2, -0.15) is 0 Å². The van der Waals surface area contributed by atoms with Crippen molar-refractivity contribution in [1.29, 1.82) is 0 Å². The molecular formula is C48H28O2S. The molecule has 8 unspecified atom stereocenters. The van der Waals surface area contributed by atoms with Crippen molar-refractivity contribution in [2.24, 2.45) is 23.7 Å². The highest BCUT2D eigenvalue weighted by Crippen LogP contribution is 2.85. The number of benzene rings is 4. The summed E-state index contributed by atoms with van der Waals surface area (Å²) in [4.78, 5) is 14.6. The number of hydrogen-bond donors (Lipinski definition) is 0. The van der Waals surface area contributed by atoms with Crippen LogP contribution >= 0.6 is 11.3 Å². The van der Waals surface area contributed by atoms with Gasteiger partial charge in [0.1, 0.15) is 0 Å². The Morgan fingerprint density at radius 2 is 1.73 bits per heavy atom. The summed E-state index contributed by atoms with van der Waals surface area (Å²) < 4.78 is 5.38. The normalized spacial score (nSPS) is 35.2. The fourth-order valence-corrected chi connectivity index (χ4v) is 18.1. The molecule has 0 bridgehead atoms. The van der Waals surface area contributed by atoms with E-state index in [0.29, 0.717) is 41.9 Å². The van der Waals surface area contributed by atoms with Crippen LogP contribution in [0.2, 0.25) is 0 Å². The molecular weight excluding hydrogens is 641 g/mol. The Labute approximate surface area is 295 Å². The van der Waals surface area contributed by atoms with Gasteiger partial charge in [-0.3, -0.25) is 4.79 Å². The van der Waals surface area contributed by atoms with E-state index < -0.39 is 0 Å². The third-order valence-electron chi connectivity index (χ3n) is 17.7. The number of allylic oxidation sites excluding steroid dienone is 6. The van der Waals surface area contributed by atoms with Crippen molar-refractivity contribution in [2.45, 2.75) is 61.2 Å². The van der Waals surface area contributed by atoms with Crippen LogP contribution in [0, 0.1) is 23.7 Å². The van der Waals surface area contributed by atoms with Crippen LogP contribution in [-0.4, -0.2) is 13.1 Å². The highest BCUT2D eigenvalue weighted by atomic mass is 32.1. The van der Waals surface area contributed by atoms with E-state index in [1.54, 1.807) is 133 Å². The smallest absolute Gasteiger partial charge is 0.305 e. The second-order valence-electron chi connectivity index (χ2n) is 18.6. The first-order valence-electron chi connectivity index (χ1n) is 19.6. The molecule has 6 aromatic carbocycles. The van der Waals surface area contributed by atoms with Crippen molar-refractivity contribution >= 4 is 93.5 Å². The van der Waals surface area contributed by atoms with Crippen LogP contribution in [0.15, 0.2) is 41.8 Å². The van der Waals surface area contributed by atoms with Gasteiger partial charge < -0.3 is 4.74 Å². The summed E-state index contributed by atoms with van der Waals surface area (Å²) in [5.41, 5.74) is 21.8. The van der Waals surface area contributed by atoms with Gasteiger partial charge in [-0.15, -0.1) is 11.3 Å². The van der Waals surface area contributed by atoms with E-state index in [0.717, 1.165) is 19.3 Å². The van der Waals surface area contributed by atoms with Gasteiger partial charge in [-0.05, 0) is 187 Å².